The average molecular weight is 406 g/mol. The first-order valence-corrected chi connectivity index (χ1v) is 9.46. The molecule has 0 spiro atoms. The molecule has 0 aliphatic rings. The van der Waals surface area contributed by atoms with Crippen molar-refractivity contribution >= 4 is 35.0 Å². The Labute approximate surface area is 165 Å². The molecule has 3 rings (SSSR count). The molecule has 0 fully saturated rings. The lowest BCUT2D eigenvalue weighted by atomic mass is 10.3. The van der Waals surface area contributed by atoms with E-state index < -0.39 is 0 Å². The van der Waals surface area contributed by atoms with Gasteiger partial charge in [-0.3, -0.25) is 0 Å². The number of nitrogens with one attached hydrogen (secondary N) is 1. The van der Waals surface area contributed by atoms with E-state index in [0.29, 0.717) is 40.7 Å². The van der Waals surface area contributed by atoms with Gasteiger partial charge in [0.05, 0.1) is 13.2 Å². The maximum atomic E-state index is 12.9. The number of thioether (sulfide) groups is 1. The molecular weight excluding hydrogens is 389 g/mol. The van der Waals surface area contributed by atoms with Gasteiger partial charge in [0.2, 0.25) is 5.95 Å². The van der Waals surface area contributed by atoms with Gasteiger partial charge in [0, 0.05) is 16.5 Å². The lowest BCUT2D eigenvalue weighted by molar-refractivity contribution is 0.343. The summed E-state index contributed by atoms with van der Waals surface area (Å²) >= 11 is 7.37. The molecule has 0 aliphatic heterocycles. The molecule has 1 heterocycles. The van der Waals surface area contributed by atoms with Crippen LogP contribution in [0.4, 0.5) is 16.0 Å². The number of hydrogen-bond donors (Lipinski definition) is 2. The highest BCUT2D eigenvalue weighted by atomic mass is 35.5. The van der Waals surface area contributed by atoms with Crippen molar-refractivity contribution in [2.75, 3.05) is 23.4 Å². The quantitative estimate of drug-likeness (QED) is 0.432. The first kappa shape index (κ1) is 19.2. The minimum atomic E-state index is -0.295. The topological polar surface area (TPSA) is 86.0 Å². The second-order valence-corrected chi connectivity index (χ2v) is 6.91. The van der Waals surface area contributed by atoms with Gasteiger partial charge in [-0.15, -0.1) is 0 Å². The molecule has 3 aromatic rings. The zero-order chi connectivity index (χ0) is 19.1. The third-order valence-corrected chi connectivity index (χ3v) is 4.40. The Morgan fingerprint density at radius 2 is 1.93 bits per heavy atom. The molecule has 0 aliphatic carbocycles. The number of anilines is 2. The van der Waals surface area contributed by atoms with Crippen LogP contribution in [0.3, 0.4) is 0 Å². The smallest absolute Gasteiger partial charge is 0.224 e. The Bertz CT molecular complexity index is 897. The first-order valence-electron chi connectivity index (χ1n) is 8.09. The minimum Gasteiger partial charge on any atom is -0.493 e. The zero-order valence-corrected chi connectivity index (χ0v) is 15.8. The van der Waals surface area contributed by atoms with E-state index in [-0.39, 0.29) is 11.8 Å². The van der Waals surface area contributed by atoms with Gasteiger partial charge >= 0.3 is 0 Å². The predicted octanol–water partition coefficient (Wildman–Crippen LogP) is 4.03. The molecule has 140 valence electrons. The summed E-state index contributed by atoms with van der Waals surface area (Å²) in [5, 5.41) is 4.36. The van der Waals surface area contributed by atoms with Crippen LogP contribution in [0.15, 0.2) is 53.7 Å². The second-order valence-electron chi connectivity index (χ2n) is 5.41. The van der Waals surface area contributed by atoms with E-state index >= 15 is 0 Å². The van der Waals surface area contributed by atoms with Gasteiger partial charge in [-0.05, 0) is 42.5 Å². The lowest BCUT2D eigenvalue weighted by Gasteiger charge is -2.08. The predicted molar refractivity (Wildman–Crippen MR) is 106 cm³/mol. The van der Waals surface area contributed by atoms with E-state index in [1.54, 1.807) is 18.2 Å². The van der Waals surface area contributed by atoms with Gasteiger partial charge in [0.15, 0.2) is 11.0 Å². The zero-order valence-electron chi connectivity index (χ0n) is 14.2. The maximum absolute atomic E-state index is 12.9. The van der Waals surface area contributed by atoms with E-state index in [4.69, 9.17) is 22.1 Å². The molecule has 0 bridgehead atoms. The van der Waals surface area contributed by atoms with E-state index in [1.807, 2.05) is 18.2 Å². The van der Waals surface area contributed by atoms with Crippen LogP contribution in [0.1, 0.15) is 5.82 Å². The molecule has 0 atom stereocenters. The molecule has 0 saturated heterocycles. The van der Waals surface area contributed by atoms with Gasteiger partial charge in [-0.25, -0.2) is 9.37 Å². The number of ether oxygens (including phenoxy) is 1. The number of halogens is 2. The van der Waals surface area contributed by atoms with Crippen molar-refractivity contribution in [3.05, 3.63) is 65.2 Å². The summed E-state index contributed by atoms with van der Waals surface area (Å²) in [7, 11) is 0. The summed E-state index contributed by atoms with van der Waals surface area (Å²) in [6.45, 7) is 0.824. The molecular formula is C18H17ClFN5OS. The molecule has 3 N–H and O–H groups in total. The molecule has 1 aromatic heterocycles. The molecule has 27 heavy (non-hydrogen) atoms. The van der Waals surface area contributed by atoms with Crippen LogP contribution in [-0.4, -0.2) is 27.3 Å². The van der Waals surface area contributed by atoms with E-state index in [2.05, 4.69) is 20.3 Å². The minimum absolute atomic E-state index is 0.162. The van der Waals surface area contributed by atoms with Crippen LogP contribution in [0.2, 0.25) is 5.02 Å². The number of nitrogen functional groups attached to an aromatic ring is 1. The Morgan fingerprint density at radius 3 is 2.70 bits per heavy atom. The van der Waals surface area contributed by atoms with Crippen molar-refractivity contribution in [1.82, 2.24) is 15.0 Å². The highest BCUT2D eigenvalue weighted by Gasteiger charge is 2.06. The third-order valence-electron chi connectivity index (χ3n) is 3.35. The van der Waals surface area contributed by atoms with Crippen LogP contribution < -0.4 is 15.8 Å². The Morgan fingerprint density at radius 1 is 1.11 bits per heavy atom. The number of hydrogen-bond acceptors (Lipinski definition) is 7. The normalized spacial score (nSPS) is 10.6. The maximum Gasteiger partial charge on any atom is 0.224 e. The molecule has 9 heteroatoms. The SMILES string of the molecule is Nc1nc(CNc2cccc(Cl)c2)nc(SCCOc2ccc(F)cc2)n1. The summed E-state index contributed by atoms with van der Waals surface area (Å²) in [6.07, 6.45) is 0. The highest BCUT2D eigenvalue weighted by Crippen LogP contribution is 2.18. The number of aromatic nitrogens is 3. The number of nitrogens with two attached hydrogens (primary N) is 1. The van der Waals surface area contributed by atoms with E-state index in [9.17, 15) is 4.39 Å². The number of benzene rings is 2. The molecule has 2 aromatic carbocycles. The fourth-order valence-corrected chi connectivity index (χ4v) is 3.03. The molecule has 0 unspecified atom stereocenters. The summed E-state index contributed by atoms with van der Waals surface area (Å²) in [6, 6.07) is 13.3. The largest absolute Gasteiger partial charge is 0.493 e. The summed E-state index contributed by atoms with van der Waals surface area (Å²) in [5.41, 5.74) is 6.63. The molecule has 6 nitrogen and oxygen atoms in total. The van der Waals surface area contributed by atoms with Gasteiger partial charge in [-0.1, -0.05) is 29.4 Å². The van der Waals surface area contributed by atoms with Crippen molar-refractivity contribution in [1.29, 1.82) is 0 Å². The standard InChI is InChI=1S/C18H17ClFN5OS/c19-12-2-1-3-14(10-12)22-11-16-23-17(21)25-18(24-16)27-9-8-26-15-6-4-13(20)5-7-15/h1-7,10,22H,8-9,11H2,(H2,21,23,24,25). The average Bonchev–Trinajstić information content (AvgIpc) is 2.65. The van der Waals surface area contributed by atoms with Crippen LogP contribution in [0.5, 0.6) is 5.75 Å². The third kappa shape index (κ3) is 6.26. The van der Waals surface area contributed by atoms with Crippen molar-refractivity contribution < 1.29 is 9.13 Å². The Kier molecular flexibility index (Phi) is 6.67. The second kappa shape index (κ2) is 9.38. The lowest BCUT2D eigenvalue weighted by Crippen LogP contribution is -2.09. The molecule has 0 radical (unpaired) electrons. The van der Waals surface area contributed by atoms with Gasteiger partial charge in [0.25, 0.3) is 0 Å². The van der Waals surface area contributed by atoms with E-state index in [0.717, 1.165) is 5.69 Å². The van der Waals surface area contributed by atoms with Gasteiger partial charge in [-0.2, -0.15) is 9.97 Å². The van der Waals surface area contributed by atoms with Crippen molar-refractivity contribution in [2.45, 2.75) is 11.7 Å². The first-order chi connectivity index (χ1) is 13.1. The fraction of sp³-hybridized carbons (Fsp3) is 0.167. The Balaban J connectivity index is 1.51. The summed E-state index contributed by atoms with van der Waals surface area (Å²) in [5.74, 6) is 1.62. The van der Waals surface area contributed by atoms with Gasteiger partial charge in [0.1, 0.15) is 11.6 Å². The van der Waals surface area contributed by atoms with Crippen molar-refractivity contribution in [3.8, 4) is 5.75 Å². The van der Waals surface area contributed by atoms with Crippen LogP contribution in [0.25, 0.3) is 0 Å². The molecule has 0 saturated carbocycles. The highest BCUT2D eigenvalue weighted by molar-refractivity contribution is 7.99. The van der Waals surface area contributed by atoms with Crippen molar-refractivity contribution in [2.24, 2.45) is 0 Å². The van der Waals surface area contributed by atoms with E-state index in [1.165, 1.54) is 23.9 Å². The van der Waals surface area contributed by atoms with Crippen LogP contribution in [0, 0.1) is 5.82 Å². The Hall–Kier alpha value is -2.58. The van der Waals surface area contributed by atoms with Crippen LogP contribution in [-0.2, 0) is 6.54 Å². The summed E-state index contributed by atoms with van der Waals surface area (Å²) in [4.78, 5) is 12.6. The molecule has 0 amide bonds. The van der Waals surface area contributed by atoms with Gasteiger partial charge < -0.3 is 15.8 Å². The monoisotopic (exact) mass is 405 g/mol. The number of nitrogens with zero attached hydrogens (tertiary/aromatic N) is 3. The van der Waals surface area contributed by atoms with Crippen molar-refractivity contribution in [3.63, 3.8) is 0 Å². The fourth-order valence-electron chi connectivity index (χ4n) is 2.16. The number of rotatable bonds is 8. The summed E-state index contributed by atoms with van der Waals surface area (Å²) < 4.78 is 18.4. The van der Waals surface area contributed by atoms with Crippen LogP contribution >= 0.6 is 23.4 Å².